The third kappa shape index (κ3) is 6.52. The standard InChI is InChI=1S/C19H34N2O2/c1-2-15-8-10-16(11-9-15)14-21-18(22)12-13-20-19(23)17-6-4-3-5-7-17/h15-17H,2-14H2,1H3,(H,20,23)(H,21,22). The molecule has 23 heavy (non-hydrogen) atoms. The summed E-state index contributed by atoms with van der Waals surface area (Å²) in [6, 6.07) is 0. The van der Waals surface area contributed by atoms with Crippen molar-refractivity contribution in [2.75, 3.05) is 13.1 Å². The maximum Gasteiger partial charge on any atom is 0.223 e. The lowest BCUT2D eigenvalue weighted by atomic mass is 9.81. The van der Waals surface area contributed by atoms with Crippen LogP contribution in [-0.2, 0) is 9.59 Å². The van der Waals surface area contributed by atoms with Gasteiger partial charge in [0.1, 0.15) is 0 Å². The molecule has 2 aliphatic carbocycles. The van der Waals surface area contributed by atoms with Crippen LogP contribution in [0, 0.1) is 17.8 Å². The van der Waals surface area contributed by atoms with Crippen LogP contribution < -0.4 is 10.6 Å². The molecule has 4 nitrogen and oxygen atoms in total. The summed E-state index contributed by atoms with van der Waals surface area (Å²) in [5.74, 6) is 1.96. The van der Waals surface area contributed by atoms with Gasteiger partial charge in [-0.1, -0.05) is 45.4 Å². The lowest BCUT2D eigenvalue weighted by Crippen LogP contribution is -2.36. The summed E-state index contributed by atoms with van der Waals surface area (Å²) in [7, 11) is 0. The predicted molar refractivity (Wildman–Crippen MR) is 93.0 cm³/mol. The summed E-state index contributed by atoms with van der Waals surface area (Å²) in [4.78, 5) is 23.9. The van der Waals surface area contributed by atoms with Crippen LogP contribution in [0.5, 0.6) is 0 Å². The first kappa shape index (κ1) is 18.3. The summed E-state index contributed by atoms with van der Waals surface area (Å²) >= 11 is 0. The molecule has 2 amide bonds. The van der Waals surface area contributed by atoms with Crippen molar-refractivity contribution >= 4 is 11.8 Å². The molecule has 0 atom stereocenters. The number of amides is 2. The minimum Gasteiger partial charge on any atom is -0.356 e. The van der Waals surface area contributed by atoms with Gasteiger partial charge in [-0.25, -0.2) is 0 Å². The number of rotatable bonds is 7. The second-order valence-corrected chi connectivity index (χ2v) is 7.48. The fourth-order valence-electron chi connectivity index (χ4n) is 4.00. The lowest BCUT2D eigenvalue weighted by molar-refractivity contribution is -0.126. The molecule has 2 saturated carbocycles. The van der Waals surface area contributed by atoms with Crippen LogP contribution in [0.4, 0.5) is 0 Å². The molecular formula is C19H34N2O2. The third-order valence-corrected chi connectivity index (χ3v) is 5.76. The Morgan fingerprint density at radius 2 is 1.52 bits per heavy atom. The molecule has 0 radical (unpaired) electrons. The number of hydrogen-bond acceptors (Lipinski definition) is 2. The Balaban J connectivity index is 1.52. The first-order valence-corrected chi connectivity index (χ1v) is 9.73. The topological polar surface area (TPSA) is 58.2 Å². The zero-order valence-corrected chi connectivity index (χ0v) is 14.7. The van der Waals surface area contributed by atoms with E-state index in [-0.39, 0.29) is 17.7 Å². The van der Waals surface area contributed by atoms with Crippen molar-refractivity contribution in [3.8, 4) is 0 Å². The Kier molecular flexibility index (Phi) is 7.90. The van der Waals surface area contributed by atoms with Gasteiger partial charge in [0, 0.05) is 25.4 Å². The average molecular weight is 322 g/mol. The van der Waals surface area contributed by atoms with E-state index in [2.05, 4.69) is 17.6 Å². The van der Waals surface area contributed by atoms with Crippen LogP contribution in [-0.4, -0.2) is 24.9 Å². The molecule has 0 aromatic heterocycles. The first-order valence-electron chi connectivity index (χ1n) is 9.73. The van der Waals surface area contributed by atoms with Gasteiger partial charge in [-0.2, -0.15) is 0 Å². The molecule has 132 valence electrons. The lowest BCUT2D eigenvalue weighted by Gasteiger charge is -2.27. The normalized spacial score (nSPS) is 25.8. The van der Waals surface area contributed by atoms with E-state index in [1.165, 1.54) is 51.4 Å². The van der Waals surface area contributed by atoms with Crippen molar-refractivity contribution in [3.63, 3.8) is 0 Å². The average Bonchev–Trinajstić information content (AvgIpc) is 2.61. The molecule has 0 unspecified atom stereocenters. The van der Waals surface area contributed by atoms with Gasteiger partial charge in [0.05, 0.1) is 0 Å². The Labute approximate surface area is 141 Å². The van der Waals surface area contributed by atoms with Gasteiger partial charge in [0.2, 0.25) is 11.8 Å². The molecule has 2 fully saturated rings. The summed E-state index contributed by atoms with van der Waals surface area (Å²) < 4.78 is 0. The predicted octanol–water partition coefficient (Wildman–Crippen LogP) is 3.41. The minimum atomic E-state index is 0.0755. The Morgan fingerprint density at radius 3 is 2.17 bits per heavy atom. The maximum atomic E-state index is 12.0. The van der Waals surface area contributed by atoms with E-state index in [1.807, 2.05) is 0 Å². The van der Waals surface area contributed by atoms with Crippen molar-refractivity contribution in [3.05, 3.63) is 0 Å². The van der Waals surface area contributed by atoms with E-state index in [4.69, 9.17) is 0 Å². The van der Waals surface area contributed by atoms with Crippen LogP contribution in [0.3, 0.4) is 0 Å². The zero-order chi connectivity index (χ0) is 16.5. The van der Waals surface area contributed by atoms with Gasteiger partial charge < -0.3 is 10.6 Å². The maximum absolute atomic E-state index is 12.0. The van der Waals surface area contributed by atoms with Crippen LogP contribution in [0.25, 0.3) is 0 Å². The molecule has 0 aliphatic heterocycles. The Hall–Kier alpha value is -1.06. The van der Waals surface area contributed by atoms with Crippen molar-refractivity contribution in [2.24, 2.45) is 17.8 Å². The van der Waals surface area contributed by atoms with Crippen molar-refractivity contribution in [1.82, 2.24) is 10.6 Å². The minimum absolute atomic E-state index is 0.0755. The van der Waals surface area contributed by atoms with Crippen molar-refractivity contribution in [1.29, 1.82) is 0 Å². The van der Waals surface area contributed by atoms with Gasteiger partial charge >= 0.3 is 0 Å². The van der Waals surface area contributed by atoms with Crippen LogP contribution in [0.1, 0.15) is 77.6 Å². The van der Waals surface area contributed by atoms with Gasteiger partial charge in [0.15, 0.2) is 0 Å². The van der Waals surface area contributed by atoms with E-state index >= 15 is 0 Å². The molecular weight excluding hydrogens is 288 g/mol. The van der Waals surface area contributed by atoms with E-state index in [9.17, 15) is 9.59 Å². The monoisotopic (exact) mass is 322 g/mol. The summed E-state index contributed by atoms with van der Waals surface area (Å²) in [5.41, 5.74) is 0. The van der Waals surface area contributed by atoms with E-state index < -0.39 is 0 Å². The Morgan fingerprint density at radius 1 is 0.870 bits per heavy atom. The number of hydrogen-bond donors (Lipinski definition) is 2. The van der Waals surface area contributed by atoms with Crippen molar-refractivity contribution < 1.29 is 9.59 Å². The molecule has 0 aromatic carbocycles. The Bertz CT molecular complexity index is 370. The molecule has 0 spiro atoms. The second kappa shape index (κ2) is 9.94. The summed E-state index contributed by atoms with van der Waals surface area (Å²) in [6.45, 7) is 3.56. The number of carbonyl (C=O) groups is 2. The third-order valence-electron chi connectivity index (χ3n) is 5.76. The fraction of sp³-hybridized carbons (Fsp3) is 0.895. The smallest absolute Gasteiger partial charge is 0.223 e. The van der Waals surface area contributed by atoms with Gasteiger partial charge in [-0.3, -0.25) is 9.59 Å². The molecule has 0 heterocycles. The fourth-order valence-corrected chi connectivity index (χ4v) is 4.00. The van der Waals surface area contributed by atoms with E-state index in [1.54, 1.807) is 0 Å². The molecule has 0 aromatic rings. The van der Waals surface area contributed by atoms with Gasteiger partial charge in [-0.15, -0.1) is 0 Å². The number of carbonyl (C=O) groups excluding carboxylic acids is 2. The first-order chi connectivity index (χ1) is 11.2. The molecule has 2 rings (SSSR count). The summed E-state index contributed by atoms with van der Waals surface area (Å²) in [6.07, 6.45) is 12.4. The summed E-state index contributed by atoms with van der Waals surface area (Å²) in [5, 5.41) is 5.98. The molecule has 4 heteroatoms. The van der Waals surface area contributed by atoms with E-state index in [0.717, 1.165) is 25.3 Å². The largest absolute Gasteiger partial charge is 0.356 e. The van der Waals surface area contributed by atoms with E-state index in [0.29, 0.717) is 18.9 Å². The van der Waals surface area contributed by atoms with Gasteiger partial charge in [0.25, 0.3) is 0 Å². The van der Waals surface area contributed by atoms with Crippen molar-refractivity contribution in [2.45, 2.75) is 77.6 Å². The second-order valence-electron chi connectivity index (χ2n) is 7.48. The molecule has 2 N–H and O–H groups in total. The van der Waals surface area contributed by atoms with Crippen LogP contribution >= 0.6 is 0 Å². The number of nitrogens with one attached hydrogen (secondary N) is 2. The SMILES string of the molecule is CCC1CCC(CNC(=O)CCNC(=O)C2CCCCC2)CC1. The highest BCUT2D eigenvalue weighted by Gasteiger charge is 2.21. The molecule has 0 saturated heterocycles. The highest BCUT2D eigenvalue weighted by molar-refractivity contribution is 5.80. The zero-order valence-electron chi connectivity index (χ0n) is 14.7. The van der Waals surface area contributed by atoms with Crippen LogP contribution in [0.2, 0.25) is 0 Å². The molecule has 2 aliphatic rings. The van der Waals surface area contributed by atoms with Gasteiger partial charge in [-0.05, 0) is 37.5 Å². The highest BCUT2D eigenvalue weighted by atomic mass is 16.2. The quantitative estimate of drug-likeness (QED) is 0.754. The highest BCUT2D eigenvalue weighted by Crippen LogP contribution is 2.30. The van der Waals surface area contributed by atoms with Crippen LogP contribution in [0.15, 0.2) is 0 Å². The molecule has 0 bridgehead atoms.